The summed E-state index contributed by atoms with van der Waals surface area (Å²) >= 11 is 1.16. The molecule has 0 aromatic carbocycles. The van der Waals surface area contributed by atoms with E-state index in [1.165, 1.54) is 0 Å². The third-order valence-corrected chi connectivity index (χ3v) is 3.17. The van der Waals surface area contributed by atoms with Gasteiger partial charge in [-0.3, -0.25) is 4.79 Å². The number of aryl methyl sites for hydroxylation is 1. The van der Waals surface area contributed by atoms with Crippen LogP contribution >= 0.6 is 11.8 Å². The molecule has 2 N–H and O–H groups in total. The average Bonchev–Trinajstić information content (AvgIpc) is 2.66. The third kappa shape index (κ3) is 3.99. The molecule has 0 amide bonds. The highest BCUT2D eigenvalue weighted by Crippen LogP contribution is 2.25. The molecule has 0 atom stereocenters. The lowest BCUT2D eigenvalue weighted by Crippen LogP contribution is -2.25. The Morgan fingerprint density at radius 2 is 2.06 bits per heavy atom. The van der Waals surface area contributed by atoms with Crippen molar-refractivity contribution < 1.29 is 15.0 Å². The summed E-state index contributed by atoms with van der Waals surface area (Å²) in [5.41, 5.74) is -0.213. The summed E-state index contributed by atoms with van der Waals surface area (Å²) < 4.78 is 1.94. The van der Waals surface area contributed by atoms with Crippen molar-refractivity contribution in [2.45, 2.75) is 44.3 Å². The molecule has 1 rings (SSSR count). The van der Waals surface area contributed by atoms with Crippen LogP contribution in [0.3, 0.4) is 0 Å². The zero-order valence-electron chi connectivity index (χ0n) is 10.9. The van der Waals surface area contributed by atoms with Gasteiger partial charge in [-0.1, -0.05) is 11.8 Å². The second-order valence-electron chi connectivity index (χ2n) is 4.91. The number of carbonyl (C=O) groups is 1. The lowest BCUT2D eigenvalue weighted by Gasteiger charge is -2.24. The summed E-state index contributed by atoms with van der Waals surface area (Å²) in [4.78, 5) is 10.6. The molecule has 0 saturated carbocycles. The molecule has 0 radical (unpaired) electrons. The van der Waals surface area contributed by atoms with Crippen molar-refractivity contribution >= 4 is 17.7 Å². The Morgan fingerprint density at radius 1 is 1.39 bits per heavy atom. The standard InChI is InChI=1S/C11H19N3O3S/c1-11(2,3)14-8(5-4-6-15)12-13-10(14)18-7-9(16)17/h15H,4-7H2,1-3H3,(H,16,17). The summed E-state index contributed by atoms with van der Waals surface area (Å²) in [7, 11) is 0. The van der Waals surface area contributed by atoms with Gasteiger partial charge in [0.2, 0.25) is 0 Å². The number of carboxylic acid groups (broad SMARTS) is 1. The zero-order chi connectivity index (χ0) is 13.8. The number of rotatable bonds is 6. The van der Waals surface area contributed by atoms with Crippen molar-refractivity contribution in [3.05, 3.63) is 5.82 Å². The van der Waals surface area contributed by atoms with Crippen LogP contribution in [0.4, 0.5) is 0 Å². The molecule has 18 heavy (non-hydrogen) atoms. The highest BCUT2D eigenvalue weighted by Gasteiger charge is 2.23. The molecule has 0 fully saturated rings. The van der Waals surface area contributed by atoms with Crippen LogP contribution in [-0.2, 0) is 16.8 Å². The van der Waals surface area contributed by atoms with Crippen LogP contribution in [0.2, 0.25) is 0 Å². The molecule has 0 saturated heterocycles. The van der Waals surface area contributed by atoms with Gasteiger partial charge in [0.05, 0.1) is 5.75 Å². The number of thioether (sulfide) groups is 1. The monoisotopic (exact) mass is 273 g/mol. The molecule has 1 aromatic rings. The maximum Gasteiger partial charge on any atom is 0.313 e. The van der Waals surface area contributed by atoms with E-state index in [9.17, 15) is 4.79 Å². The van der Waals surface area contributed by atoms with Crippen molar-refractivity contribution in [2.24, 2.45) is 0 Å². The van der Waals surface area contributed by atoms with Crippen molar-refractivity contribution in [1.82, 2.24) is 14.8 Å². The van der Waals surface area contributed by atoms with E-state index in [2.05, 4.69) is 10.2 Å². The number of hydrogen-bond acceptors (Lipinski definition) is 5. The third-order valence-electron chi connectivity index (χ3n) is 2.25. The second kappa shape index (κ2) is 6.19. The van der Waals surface area contributed by atoms with E-state index < -0.39 is 5.97 Å². The van der Waals surface area contributed by atoms with Gasteiger partial charge >= 0.3 is 5.97 Å². The Bertz CT molecular complexity index is 412. The lowest BCUT2D eigenvalue weighted by atomic mass is 10.1. The Hall–Kier alpha value is -1.08. The van der Waals surface area contributed by atoms with Crippen molar-refractivity contribution in [3.63, 3.8) is 0 Å². The van der Waals surface area contributed by atoms with E-state index >= 15 is 0 Å². The highest BCUT2D eigenvalue weighted by atomic mass is 32.2. The Kier molecular flexibility index (Phi) is 5.15. The molecule has 0 unspecified atom stereocenters. The quantitative estimate of drug-likeness (QED) is 0.755. The first-order valence-electron chi connectivity index (χ1n) is 5.76. The minimum atomic E-state index is -0.875. The van der Waals surface area contributed by atoms with E-state index in [4.69, 9.17) is 10.2 Å². The smallest absolute Gasteiger partial charge is 0.313 e. The fourth-order valence-electron chi connectivity index (χ4n) is 1.59. The van der Waals surface area contributed by atoms with Gasteiger partial charge in [0.1, 0.15) is 5.82 Å². The van der Waals surface area contributed by atoms with Crippen LogP contribution in [0, 0.1) is 0 Å². The summed E-state index contributed by atoms with van der Waals surface area (Å²) in [6.45, 7) is 6.16. The van der Waals surface area contributed by atoms with E-state index in [1.807, 2.05) is 25.3 Å². The number of aliphatic hydroxyl groups excluding tert-OH is 1. The summed E-state index contributed by atoms with van der Waals surface area (Å²) in [5.74, 6) is -0.126. The summed E-state index contributed by atoms with van der Waals surface area (Å²) in [5, 5.41) is 26.3. The van der Waals surface area contributed by atoms with Gasteiger partial charge in [0, 0.05) is 18.6 Å². The molecule has 102 valence electrons. The number of aliphatic carboxylic acids is 1. The minimum Gasteiger partial charge on any atom is -0.481 e. The largest absolute Gasteiger partial charge is 0.481 e. The molecule has 0 aliphatic heterocycles. The van der Waals surface area contributed by atoms with Gasteiger partial charge in [-0.05, 0) is 27.2 Å². The Morgan fingerprint density at radius 3 is 2.56 bits per heavy atom. The van der Waals surface area contributed by atoms with Gasteiger partial charge in [-0.2, -0.15) is 0 Å². The van der Waals surface area contributed by atoms with E-state index in [0.717, 1.165) is 17.6 Å². The SMILES string of the molecule is CC(C)(C)n1c(CCCO)nnc1SCC(=O)O. The van der Waals surface area contributed by atoms with Gasteiger partial charge in [0.25, 0.3) is 0 Å². The molecule has 1 aromatic heterocycles. The average molecular weight is 273 g/mol. The molecule has 7 heteroatoms. The first-order valence-corrected chi connectivity index (χ1v) is 6.75. The van der Waals surface area contributed by atoms with Crippen LogP contribution in [0.5, 0.6) is 0 Å². The topological polar surface area (TPSA) is 88.2 Å². The van der Waals surface area contributed by atoms with Gasteiger partial charge < -0.3 is 14.8 Å². The van der Waals surface area contributed by atoms with Gasteiger partial charge in [0.15, 0.2) is 5.16 Å². The fourth-order valence-corrected chi connectivity index (χ4v) is 2.45. The summed E-state index contributed by atoms with van der Waals surface area (Å²) in [6.07, 6.45) is 1.26. The predicted molar refractivity (Wildman–Crippen MR) is 68.8 cm³/mol. The molecule has 0 bridgehead atoms. The highest BCUT2D eigenvalue weighted by molar-refractivity contribution is 7.99. The molecule has 0 aliphatic carbocycles. The number of aromatic nitrogens is 3. The molecular formula is C11H19N3O3S. The normalized spacial score (nSPS) is 11.8. The molecular weight excluding hydrogens is 254 g/mol. The van der Waals surface area contributed by atoms with E-state index in [0.29, 0.717) is 18.0 Å². The van der Waals surface area contributed by atoms with E-state index in [1.54, 1.807) is 0 Å². The number of hydrogen-bond donors (Lipinski definition) is 2. The maximum atomic E-state index is 10.6. The number of carboxylic acids is 1. The summed E-state index contributed by atoms with van der Waals surface area (Å²) in [6, 6.07) is 0. The maximum absolute atomic E-state index is 10.6. The lowest BCUT2D eigenvalue weighted by molar-refractivity contribution is -0.133. The van der Waals surface area contributed by atoms with Crippen molar-refractivity contribution in [1.29, 1.82) is 0 Å². The predicted octanol–water partition coefficient (Wildman–Crippen LogP) is 1.13. The van der Waals surface area contributed by atoms with Gasteiger partial charge in [-0.25, -0.2) is 0 Å². The first kappa shape index (κ1) is 15.0. The van der Waals surface area contributed by atoms with Crippen LogP contribution in [0.1, 0.15) is 33.0 Å². The Labute approximate surface area is 110 Å². The van der Waals surface area contributed by atoms with E-state index in [-0.39, 0.29) is 17.9 Å². The number of nitrogens with zero attached hydrogens (tertiary/aromatic N) is 3. The molecule has 1 heterocycles. The number of aliphatic hydroxyl groups is 1. The zero-order valence-corrected chi connectivity index (χ0v) is 11.7. The van der Waals surface area contributed by atoms with Crippen molar-refractivity contribution in [2.75, 3.05) is 12.4 Å². The van der Waals surface area contributed by atoms with Crippen LogP contribution in [0.15, 0.2) is 5.16 Å². The van der Waals surface area contributed by atoms with Crippen LogP contribution in [0.25, 0.3) is 0 Å². The van der Waals surface area contributed by atoms with Crippen LogP contribution < -0.4 is 0 Å². The fraction of sp³-hybridized carbons (Fsp3) is 0.727. The minimum absolute atomic E-state index is 0.0335. The van der Waals surface area contributed by atoms with Crippen molar-refractivity contribution in [3.8, 4) is 0 Å². The van der Waals surface area contributed by atoms with Crippen LogP contribution in [-0.4, -0.2) is 43.3 Å². The molecule has 6 nitrogen and oxygen atoms in total. The first-order chi connectivity index (χ1) is 8.36. The Balaban J connectivity index is 2.96. The molecule has 0 aliphatic rings. The second-order valence-corrected chi connectivity index (χ2v) is 5.86. The molecule has 0 spiro atoms. The van der Waals surface area contributed by atoms with Gasteiger partial charge in [-0.15, -0.1) is 10.2 Å².